The molecule has 0 aromatic heterocycles. The Kier molecular flexibility index (Phi) is 4.41. The maximum Gasteiger partial charge on any atom is 0.113 e. The quantitative estimate of drug-likeness (QED) is 0.660. The van der Waals surface area contributed by atoms with Crippen LogP contribution in [0.25, 0.3) is 0 Å². The monoisotopic (exact) mass is 204 g/mol. The fourth-order valence-corrected chi connectivity index (χ4v) is 1.21. The van der Waals surface area contributed by atoms with Gasteiger partial charge in [-0.2, -0.15) is 0 Å². The predicted molar refractivity (Wildman–Crippen MR) is 64.6 cm³/mol. The van der Waals surface area contributed by atoms with Gasteiger partial charge >= 0.3 is 0 Å². The van der Waals surface area contributed by atoms with Gasteiger partial charge in [-0.3, -0.25) is 0 Å². The lowest BCUT2D eigenvalue weighted by Crippen LogP contribution is -1.98. The summed E-state index contributed by atoms with van der Waals surface area (Å²) in [6, 6.07) is 8.53. The molecule has 82 valence electrons. The maximum absolute atomic E-state index is 5.57. The highest BCUT2D eigenvalue weighted by Crippen LogP contribution is 2.12. The predicted octanol–water partition coefficient (Wildman–Crippen LogP) is 3.94. The molecule has 0 unspecified atom stereocenters. The van der Waals surface area contributed by atoms with E-state index in [1.807, 2.05) is 0 Å². The molecular weight excluding hydrogens is 184 g/mol. The van der Waals surface area contributed by atoms with E-state index in [4.69, 9.17) is 4.74 Å². The zero-order valence-electron chi connectivity index (χ0n) is 9.92. The second kappa shape index (κ2) is 5.59. The summed E-state index contributed by atoms with van der Waals surface area (Å²) in [7, 11) is 0. The molecule has 0 spiro atoms. The van der Waals surface area contributed by atoms with Crippen molar-refractivity contribution in [3.05, 3.63) is 47.7 Å². The molecule has 0 amide bonds. The minimum atomic E-state index is 0.389. The summed E-state index contributed by atoms with van der Waals surface area (Å²) in [6.07, 6.45) is 1.08. The molecule has 1 nitrogen and oxygen atoms in total. The molecule has 0 atom stereocenters. The van der Waals surface area contributed by atoms with Gasteiger partial charge in [0.2, 0.25) is 0 Å². The molecule has 0 aliphatic carbocycles. The molecule has 0 N–H and O–H groups in total. The second-order valence-corrected chi connectivity index (χ2v) is 4.08. The molecule has 0 saturated heterocycles. The van der Waals surface area contributed by atoms with Crippen molar-refractivity contribution in [2.75, 3.05) is 0 Å². The standard InChI is InChI=1S/C14H20O/c1-5-13-6-8-14(9-7-13)10-15-12(4)11(2)3/h6-9,11H,4-5,10H2,1-3H3. The SMILES string of the molecule is C=C(OCc1ccc(CC)cc1)C(C)C. The van der Waals surface area contributed by atoms with Gasteiger partial charge in [0.25, 0.3) is 0 Å². The second-order valence-electron chi connectivity index (χ2n) is 4.08. The Hall–Kier alpha value is -1.24. The Morgan fingerprint density at radius 3 is 2.20 bits per heavy atom. The lowest BCUT2D eigenvalue weighted by Gasteiger charge is -2.12. The van der Waals surface area contributed by atoms with Crippen LogP contribution in [0.3, 0.4) is 0 Å². The van der Waals surface area contributed by atoms with Crippen molar-refractivity contribution in [2.45, 2.75) is 33.8 Å². The van der Waals surface area contributed by atoms with Crippen molar-refractivity contribution in [1.82, 2.24) is 0 Å². The van der Waals surface area contributed by atoms with Gasteiger partial charge in [-0.25, -0.2) is 0 Å². The van der Waals surface area contributed by atoms with E-state index in [0.29, 0.717) is 12.5 Å². The van der Waals surface area contributed by atoms with Gasteiger partial charge in [0, 0.05) is 5.92 Å². The van der Waals surface area contributed by atoms with Crippen molar-refractivity contribution >= 4 is 0 Å². The van der Waals surface area contributed by atoms with Crippen LogP contribution in [0.15, 0.2) is 36.6 Å². The van der Waals surface area contributed by atoms with Gasteiger partial charge in [-0.1, -0.05) is 51.6 Å². The Bertz CT molecular complexity index is 309. The third-order valence-corrected chi connectivity index (χ3v) is 2.50. The van der Waals surface area contributed by atoms with Crippen LogP contribution in [-0.4, -0.2) is 0 Å². The molecule has 0 aliphatic heterocycles. The van der Waals surface area contributed by atoms with Crippen LogP contribution in [0.2, 0.25) is 0 Å². The van der Waals surface area contributed by atoms with E-state index in [2.05, 4.69) is 51.6 Å². The normalized spacial score (nSPS) is 10.4. The fraction of sp³-hybridized carbons (Fsp3) is 0.429. The third kappa shape index (κ3) is 3.78. The molecule has 0 fully saturated rings. The summed E-state index contributed by atoms with van der Waals surface area (Å²) in [5.41, 5.74) is 2.57. The van der Waals surface area contributed by atoms with Crippen molar-refractivity contribution in [1.29, 1.82) is 0 Å². The molecule has 0 aliphatic rings. The van der Waals surface area contributed by atoms with Gasteiger partial charge in [0.1, 0.15) is 6.61 Å². The molecule has 15 heavy (non-hydrogen) atoms. The molecule has 1 aromatic carbocycles. The van der Waals surface area contributed by atoms with Crippen molar-refractivity contribution in [2.24, 2.45) is 5.92 Å². The Morgan fingerprint density at radius 2 is 1.73 bits per heavy atom. The van der Waals surface area contributed by atoms with Crippen LogP contribution >= 0.6 is 0 Å². The summed E-state index contributed by atoms with van der Waals surface area (Å²) in [5, 5.41) is 0. The van der Waals surface area contributed by atoms with Gasteiger partial charge < -0.3 is 4.74 Å². The van der Waals surface area contributed by atoms with E-state index in [9.17, 15) is 0 Å². The first kappa shape index (κ1) is 11.8. The molecule has 0 heterocycles. The average Bonchev–Trinajstić information content (AvgIpc) is 2.26. The van der Waals surface area contributed by atoms with Crippen molar-refractivity contribution in [3.63, 3.8) is 0 Å². The molecule has 0 radical (unpaired) electrons. The molecule has 0 bridgehead atoms. The van der Waals surface area contributed by atoms with Gasteiger partial charge in [-0.05, 0) is 17.5 Å². The maximum atomic E-state index is 5.57. The van der Waals surface area contributed by atoms with Gasteiger partial charge in [0.05, 0.1) is 5.76 Å². The van der Waals surface area contributed by atoms with E-state index in [1.54, 1.807) is 0 Å². The van der Waals surface area contributed by atoms with E-state index < -0.39 is 0 Å². The highest BCUT2D eigenvalue weighted by atomic mass is 16.5. The zero-order chi connectivity index (χ0) is 11.3. The van der Waals surface area contributed by atoms with E-state index in [1.165, 1.54) is 11.1 Å². The average molecular weight is 204 g/mol. The number of hydrogen-bond donors (Lipinski definition) is 0. The largest absolute Gasteiger partial charge is 0.494 e. The van der Waals surface area contributed by atoms with Crippen LogP contribution in [-0.2, 0) is 17.8 Å². The number of rotatable bonds is 5. The third-order valence-electron chi connectivity index (χ3n) is 2.50. The minimum absolute atomic E-state index is 0.389. The first-order valence-electron chi connectivity index (χ1n) is 5.53. The van der Waals surface area contributed by atoms with E-state index in [0.717, 1.165) is 12.2 Å². The van der Waals surface area contributed by atoms with Crippen LogP contribution in [0, 0.1) is 5.92 Å². The highest BCUT2D eigenvalue weighted by molar-refractivity contribution is 5.22. The summed E-state index contributed by atoms with van der Waals surface area (Å²) < 4.78 is 5.57. The first-order valence-corrected chi connectivity index (χ1v) is 5.53. The first-order chi connectivity index (χ1) is 7.13. The topological polar surface area (TPSA) is 9.23 Å². The van der Waals surface area contributed by atoms with Gasteiger partial charge in [-0.15, -0.1) is 0 Å². The lowest BCUT2D eigenvalue weighted by atomic mass is 10.1. The fourth-order valence-electron chi connectivity index (χ4n) is 1.21. The molecular formula is C14H20O. The number of hydrogen-bond acceptors (Lipinski definition) is 1. The Morgan fingerprint density at radius 1 is 1.20 bits per heavy atom. The van der Waals surface area contributed by atoms with Crippen LogP contribution in [0.5, 0.6) is 0 Å². The summed E-state index contributed by atoms with van der Waals surface area (Å²) in [6.45, 7) is 10.8. The van der Waals surface area contributed by atoms with Crippen LogP contribution < -0.4 is 0 Å². The molecule has 1 aromatic rings. The van der Waals surface area contributed by atoms with Crippen LogP contribution in [0.1, 0.15) is 31.9 Å². The molecule has 1 rings (SSSR count). The van der Waals surface area contributed by atoms with E-state index >= 15 is 0 Å². The minimum Gasteiger partial charge on any atom is -0.494 e. The zero-order valence-corrected chi connectivity index (χ0v) is 9.92. The Labute approximate surface area is 92.8 Å². The molecule has 1 heteroatoms. The van der Waals surface area contributed by atoms with Crippen molar-refractivity contribution < 1.29 is 4.74 Å². The molecule has 0 saturated carbocycles. The van der Waals surface area contributed by atoms with Crippen LogP contribution in [0.4, 0.5) is 0 Å². The number of allylic oxidation sites excluding steroid dienone is 1. The van der Waals surface area contributed by atoms with Gasteiger partial charge in [0.15, 0.2) is 0 Å². The summed E-state index contributed by atoms with van der Waals surface area (Å²) in [4.78, 5) is 0. The van der Waals surface area contributed by atoms with Crippen molar-refractivity contribution in [3.8, 4) is 0 Å². The number of aryl methyl sites for hydroxylation is 1. The number of benzene rings is 1. The summed E-state index contributed by atoms with van der Waals surface area (Å²) >= 11 is 0. The smallest absolute Gasteiger partial charge is 0.113 e. The van der Waals surface area contributed by atoms with E-state index in [-0.39, 0.29) is 0 Å². The Balaban J connectivity index is 2.47. The highest BCUT2D eigenvalue weighted by Gasteiger charge is 2.01. The lowest BCUT2D eigenvalue weighted by molar-refractivity contribution is 0.174. The summed E-state index contributed by atoms with van der Waals surface area (Å²) in [5.74, 6) is 1.24. The number of ether oxygens (including phenoxy) is 1.